The van der Waals surface area contributed by atoms with Crippen LogP contribution in [0.1, 0.15) is 71.1 Å². The van der Waals surface area contributed by atoms with Crippen molar-refractivity contribution in [3.63, 3.8) is 0 Å². The Morgan fingerprint density at radius 2 is 1.50 bits per heavy atom. The first-order valence-corrected chi connectivity index (χ1v) is 8.70. The van der Waals surface area contributed by atoms with E-state index in [1.165, 1.54) is 57.8 Å². The molecule has 3 N–H and O–H groups in total. The molecule has 1 aliphatic carbocycles. The molecule has 2 nitrogen and oxygen atoms in total. The van der Waals surface area contributed by atoms with Crippen molar-refractivity contribution in [1.82, 2.24) is 0 Å². The highest BCUT2D eigenvalue weighted by molar-refractivity contribution is 8.00. The van der Waals surface area contributed by atoms with Crippen LogP contribution in [0.25, 0.3) is 0 Å². The molecule has 0 aliphatic heterocycles. The third kappa shape index (κ3) is 7.01. The highest BCUT2D eigenvalue weighted by Crippen LogP contribution is 2.27. The van der Waals surface area contributed by atoms with Crippen molar-refractivity contribution in [2.75, 3.05) is 6.61 Å². The summed E-state index contributed by atoms with van der Waals surface area (Å²) in [5, 5.41) is 10.1. The number of hydrogen-bond acceptors (Lipinski definition) is 3. The fourth-order valence-electron chi connectivity index (χ4n) is 2.70. The van der Waals surface area contributed by atoms with Gasteiger partial charge in [0.05, 0.1) is 6.61 Å². The summed E-state index contributed by atoms with van der Waals surface area (Å²) < 4.78 is 0. The zero-order valence-corrected chi connectivity index (χ0v) is 12.8. The predicted molar refractivity (Wildman–Crippen MR) is 82.1 cm³/mol. The molecule has 3 heteroatoms. The number of thioether (sulfide) groups is 1. The van der Waals surface area contributed by atoms with Crippen molar-refractivity contribution in [1.29, 1.82) is 0 Å². The van der Waals surface area contributed by atoms with Gasteiger partial charge in [-0.15, -0.1) is 0 Å². The van der Waals surface area contributed by atoms with Gasteiger partial charge in [0, 0.05) is 16.5 Å². The van der Waals surface area contributed by atoms with E-state index in [1.54, 1.807) is 0 Å². The van der Waals surface area contributed by atoms with Gasteiger partial charge in [0.1, 0.15) is 0 Å². The van der Waals surface area contributed by atoms with E-state index in [-0.39, 0.29) is 6.61 Å². The van der Waals surface area contributed by atoms with Crippen molar-refractivity contribution >= 4 is 11.8 Å². The van der Waals surface area contributed by atoms with Crippen LogP contribution in [0, 0.1) is 0 Å². The molecule has 0 heterocycles. The minimum atomic E-state index is 0.272. The van der Waals surface area contributed by atoms with E-state index < -0.39 is 0 Å². The molecule has 18 heavy (non-hydrogen) atoms. The SMILES string of the molecule is CC(CO)SC1CCCCCCCCCCC1N. The lowest BCUT2D eigenvalue weighted by Gasteiger charge is -2.26. The van der Waals surface area contributed by atoms with Gasteiger partial charge in [-0.1, -0.05) is 58.3 Å². The highest BCUT2D eigenvalue weighted by Gasteiger charge is 2.20. The Bertz CT molecular complexity index is 201. The molecule has 1 rings (SSSR count). The lowest BCUT2D eigenvalue weighted by Crippen LogP contribution is -2.34. The topological polar surface area (TPSA) is 46.2 Å². The Morgan fingerprint density at radius 1 is 1.00 bits per heavy atom. The van der Waals surface area contributed by atoms with Crippen LogP contribution < -0.4 is 5.73 Å². The molecule has 108 valence electrons. The van der Waals surface area contributed by atoms with Crippen molar-refractivity contribution in [3.05, 3.63) is 0 Å². The molecule has 1 fully saturated rings. The Morgan fingerprint density at radius 3 is 2.06 bits per heavy atom. The summed E-state index contributed by atoms with van der Waals surface area (Å²) in [5.41, 5.74) is 6.36. The molecule has 0 aromatic rings. The second kappa shape index (κ2) is 10.1. The average molecular weight is 273 g/mol. The Kier molecular flexibility index (Phi) is 9.16. The maximum atomic E-state index is 9.20. The normalized spacial score (nSPS) is 30.2. The summed E-state index contributed by atoms with van der Waals surface area (Å²) in [6.45, 7) is 2.38. The van der Waals surface area contributed by atoms with Crippen LogP contribution in [0.4, 0.5) is 0 Å². The van der Waals surface area contributed by atoms with E-state index in [1.807, 2.05) is 11.8 Å². The summed E-state index contributed by atoms with van der Waals surface area (Å²) in [5.74, 6) is 0. The maximum Gasteiger partial charge on any atom is 0.0547 e. The van der Waals surface area contributed by atoms with Crippen LogP contribution in [-0.2, 0) is 0 Å². The van der Waals surface area contributed by atoms with Crippen LogP contribution >= 0.6 is 11.8 Å². The lowest BCUT2D eigenvalue weighted by molar-refractivity contribution is 0.299. The molecule has 1 aliphatic rings. The van der Waals surface area contributed by atoms with Gasteiger partial charge in [-0.05, 0) is 12.8 Å². The molecule has 0 amide bonds. The highest BCUT2D eigenvalue weighted by atomic mass is 32.2. The van der Waals surface area contributed by atoms with Crippen molar-refractivity contribution in [2.45, 2.75) is 87.7 Å². The standard InChI is InChI=1S/C15H31NOS/c1-13(12-17)18-15-11-9-7-5-3-2-4-6-8-10-14(15)16/h13-15,17H,2-12,16H2,1H3. The van der Waals surface area contributed by atoms with E-state index in [0.717, 1.165) is 6.42 Å². The third-order valence-electron chi connectivity index (χ3n) is 3.92. The van der Waals surface area contributed by atoms with E-state index >= 15 is 0 Å². The van der Waals surface area contributed by atoms with Gasteiger partial charge in [0.25, 0.3) is 0 Å². The van der Waals surface area contributed by atoms with Crippen molar-refractivity contribution < 1.29 is 5.11 Å². The van der Waals surface area contributed by atoms with E-state index in [0.29, 0.717) is 16.5 Å². The number of aliphatic hydroxyl groups is 1. The minimum absolute atomic E-state index is 0.272. The van der Waals surface area contributed by atoms with Crippen LogP contribution in [0.5, 0.6) is 0 Å². The molecule has 1 saturated carbocycles. The minimum Gasteiger partial charge on any atom is -0.395 e. The van der Waals surface area contributed by atoms with E-state index in [2.05, 4.69) is 6.92 Å². The molecule has 0 bridgehead atoms. The molecular formula is C15H31NOS. The zero-order valence-electron chi connectivity index (χ0n) is 11.9. The van der Waals surface area contributed by atoms with Gasteiger partial charge in [0.2, 0.25) is 0 Å². The molecule has 3 atom stereocenters. The van der Waals surface area contributed by atoms with Gasteiger partial charge in [0.15, 0.2) is 0 Å². The fourth-order valence-corrected chi connectivity index (χ4v) is 4.02. The molecule has 0 radical (unpaired) electrons. The first-order chi connectivity index (χ1) is 8.74. The summed E-state index contributed by atoms with van der Waals surface area (Å²) in [4.78, 5) is 0. The average Bonchev–Trinajstić information content (AvgIpc) is 2.37. The Balaban J connectivity index is 2.41. The number of nitrogens with two attached hydrogens (primary N) is 1. The molecule has 3 unspecified atom stereocenters. The third-order valence-corrected chi connectivity index (χ3v) is 5.47. The Hall–Kier alpha value is 0.270. The molecule has 0 saturated heterocycles. The zero-order chi connectivity index (χ0) is 13.2. The summed E-state index contributed by atoms with van der Waals surface area (Å²) in [6, 6.07) is 0.323. The smallest absolute Gasteiger partial charge is 0.0547 e. The van der Waals surface area contributed by atoms with Crippen molar-refractivity contribution in [3.8, 4) is 0 Å². The largest absolute Gasteiger partial charge is 0.395 e. The first-order valence-electron chi connectivity index (χ1n) is 7.76. The van der Waals surface area contributed by atoms with Crippen LogP contribution in [0.15, 0.2) is 0 Å². The fraction of sp³-hybridized carbons (Fsp3) is 1.00. The van der Waals surface area contributed by atoms with Crippen LogP contribution in [0.2, 0.25) is 0 Å². The van der Waals surface area contributed by atoms with Crippen LogP contribution in [-0.4, -0.2) is 28.3 Å². The maximum absolute atomic E-state index is 9.20. The predicted octanol–water partition coefficient (Wildman–Crippen LogP) is 3.71. The quantitative estimate of drug-likeness (QED) is 0.824. The molecule has 0 aromatic carbocycles. The monoisotopic (exact) mass is 273 g/mol. The molecule has 0 spiro atoms. The lowest BCUT2D eigenvalue weighted by atomic mass is 9.98. The van der Waals surface area contributed by atoms with E-state index in [4.69, 9.17) is 5.73 Å². The second-order valence-electron chi connectivity index (χ2n) is 5.74. The van der Waals surface area contributed by atoms with Gasteiger partial charge in [-0.3, -0.25) is 0 Å². The van der Waals surface area contributed by atoms with Crippen molar-refractivity contribution in [2.24, 2.45) is 5.73 Å². The molecular weight excluding hydrogens is 242 g/mol. The molecule has 0 aromatic heterocycles. The number of rotatable bonds is 3. The van der Waals surface area contributed by atoms with Crippen LogP contribution in [0.3, 0.4) is 0 Å². The summed E-state index contributed by atoms with van der Waals surface area (Å²) in [7, 11) is 0. The first kappa shape index (κ1) is 16.3. The second-order valence-corrected chi connectivity index (χ2v) is 7.42. The van der Waals surface area contributed by atoms with Gasteiger partial charge < -0.3 is 10.8 Å². The summed E-state index contributed by atoms with van der Waals surface area (Å²) >= 11 is 1.90. The van der Waals surface area contributed by atoms with Gasteiger partial charge >= 0.3 is 0 Å². The summed E-state index contributed by atoms with van der Waals surface area (Å²) in [6.07, 6.45) is 13.3. The number of hydrogen-bond donors (Lipinski definition) is 2. The van der Waals surface area contributed by atoms with Gasteiger partial charge in [-0.2, -0.15) is 11.8 Å². The van der Waals surface area contributed by atoms with Gasteiger partial charge in [-0.25, -0.2) is 0 Å². The van der Waals surface area contributed by atoms with E-state index in [9.17, 15) is 5.11 Å². The number of aliphatic hydroxyl groups excluding tert-OH is 1. The Labute approximate surface area is 117 Å².